The van der Waals surface area contributed by atoms with Crippen LogP contribution < -0.4 is 15.4 Å². The Kier molecular flexibility index (Phi) is 5.64. The van der Waals surface area contributed by atoms with Crippen LogP contribution in [0.15, 0.2) is 64.1 Å². The first kappa shape index (κ1) is 19.5. The normalized spacial score (nSPS) is 17.5. The van der Waals surface area contributed by atoms with E-state index in [1.165, 1.54) is 0 Å². The lowest BCUT2D eigenvalue weighted by Gasteiger charge is -2.35. The molecule has 1 aliphatic rings. The van der Waals surface area contributed by atoms with Crippen molar-refractivity contribution < 1.29 is 12.8 Å². The van der Waals surface area contributed by atoms with Gasteiger partial charge in [-0.15, -0.1) is 12.4 Å². The van der Waals surface area contributed by atoms with Gasteiger partial charge < -0.3 is 15.1 Å². The van der Waals surface area contributed by atoms with E-state index in [1.807, 2.05) is 6.07 Å². The fourth-order valence-corrected chi connectivity index (χ4v) is 4.47. The van der Waals surface area contributed by atoms with Gasteiger partial charge in [0.25, 0.3) is 10.0 Å². The second-order valence-corrected chi connectivity index (χ2v) is 8.19. The molecule has 144 valence electrons. The fraction of sp³-hybridized carbons (Fsp3) is 0.263. The van der Waals surface area contributed by atoms with Crippen molar-refractivity contribution in [3.05, 3.63) is 54.8 Å². The van der Waals surface area contributed by atoms with E-state index in [2.05, 4.69) is 9.62 Å². The van der Waals surface area contributed by atoms with Gasteiger partial charge >= 0.3 is 0 Å². The van der Waals surface area contributed by atoms with Crippen LogP contribution in [0.5, 0.6) is 0 Å². The summed E-state index contributed by atoms with van der Waals surface area (Å²) in [4.78, 5) is 2.32. The summed E-state index contributed by atoms with van der Waals surface area (Å²) in [6.45, 7) is 0.825. The number of sulfonamides is 1. The molecule has 4 rings (SSSR count). The molecule has 3 aromatic rings. The molecule has 27 heavy (non-hydrogen) atoms. The number of halogens is 1. The zero-order valence-electron chi connectivity index (χ0n) is 14.7. The minimum absolute atomic E-state index is 0. The van der Waals surface area contributed by atoms with Crippen molar-refractivity contribution in [3.63, 3.8) is 0 Å². The van der Waals surface area contributed by atoms with E-state index in [0.29, 0.717) is 5.69 Å². The van der Waals surface area contributed by atoms with Gasteiger partial charge in [0.15, 0.2) is 5.58 Å². The maximum absolute atomic E-state index is 12.7. The molecule has 1 saturated heterocycles. The quantitative estimate of drug-likeness (QED) is 0.684. The zero-order valence-corrected chi connectivity index (χ0v) is 16.3. The maximum atomic E-state index is 12.7. The van der Waals surface area contributed by atoms with Crippen LogP contribution in [0.4, 0.5) is 11.4 Å². The van der Waals surface area contributed by atoms with Gasteiger partial charge in [-0.3, -0.25) is 4.72 Å². The highest BCUT2D eigenvalue weighted by molar-refractivity contribution is 7.92. The van der Waals surface area contributed by atoms with Crippen LogP contribution in [0.2, 0.25) is 0 Å². The van der Waals surface area contributed by atoms with Crippen molar-refractivity contribution in [3.8, 4) is 0 Å². The summed E-state index contributed by atoms with van der Waals surface area (Å²) in [5.41, 5.74) is 8.33. The van der Waals surface area contributed by atoms with Crippen LogP contribution in [-0.2, 0) is 10.0 Å². The summed E-state index contributed by atoms with van der Waals surface area (Å²) >= 11 is 0. The monoisotopic (exact) mass is 407 g/mol. The van der Waals surface area contributed by atoms with E-state index < -0.39 is 10.0 Å². The lowest BCUT2D eigenvalue weighted by Crippen LogP contribution is -2.45. The largest absolute Gasteiger partial charge is 0.462 e. The maximum Gasteiger partial charge on any atom is 0.261 e. The van der Waals surface area contributed by atoms with E-state index in [1.54, 1.807) is 48.7 Å². The molecule has 2 heterocycles. The number of furan rings is 1. The van der Waals surface area contributed by atoms with Gasteiger partial charge in [0.1, 0.15) is 0 Å². The van der Waals surface area contributed by atoms with Gasteiger partial charge in [0.05, 0.1) is 28.7 Å². The number of benzene rings is 2. The van der Waals surface area contributed by atoms with Crippen LogP contribution in [0.1, 0.15) is 19.3 Å². The molecule has 0 spiro atoms. The van der Waals surface area contributed by atoms with Crippen LogP contribution in [-0.4, -0.2) is 21.1 Å². The summed E-state index contributed by atoms with van der Waals surface area (Å²) in [5, 5.41) is 0.839. The van der Waals surface area contributed by atoms with Crippen LogP contribution >= 0.6 is 12.4 Å². The lowest BCUT2D eigenvalue weighted by molar-refractivity contribution is 0.468. The molecule has 0 radical (unpaired) electrons. The number of hydrogen-bond acceptors (Lipinski definition) is 5. The standard InChI is InChI=1S/C19H21N3O3S.ClH/c20-18-8-4-5-10-22(18)17-13-15(12-14-9-11-25-19(14)17)21-26(23,24)16-6-2-1-3-7-16;/h1-3,6-7,9,11-13,18,21H,4-5,8,10,20H2;1H. The molecule has 1 aliphatic heterocycles. The number of piperidine rings is 1. The molecule has 2 aromatic carbocycles. The predicted molar refractivity (Wildman–Crippen MR) is 110 cm³/mol. The van der Waals surface area contributed by atoms with Crippen LogP contribution in [0, 0.1) is 0 Å². The van der Waals surface area contributed by atoms with Gasteiger partial charge in [-0.2, -0.15) is 0 Å². The fourth-order valence-electron chi connectivity index (χ4n) is 3.41. The molecule has 0 aliphatic carbocycles. The van der Waals surface area contributed by atoms with Gasteiger partial charge in [-0.25, -0.2) is 8.42 Å². The second kappa shape index (κ2) is 7.80. The molecular formula is C19H22ClN3O3S. The number of fused-ring (bicyclic) bond motifs is 1. The van der Waals surface area contributed by atoms with E-state index in [-0.39, 0.29) is 23.5 Å². The summed E-state index contributed by atoms with van der Waals surface area (Å²) in [7, 11) is -3.66. The number of nitrogens with zero attached hydrogens (tertiary/aromatic N) is 1. The molecule has 1 aromatic heterocycles. The Labute approximate surface area is 164 Å². The molecular weight excluding hydrogens is 386 g/mol. The van der Waals surface area contributed by atoms with Gasteiger partial charge in [-0.05, 0) is 49.6 Å². The molecule has 0 bridgehead atoms. The molecule has 3 N–H and O–H groups in total. The predicted octanol–water partition coefficient (Wildman–Crippen LogP) is 3.93. The lowest BCUT2D eigenvalue weighted by atomic mass is 10.1. The van der Waals surface area contributed by atoms with E-state index >= 15 is 0 Å². The minimum atomic E-state index is -3.66. The first-order valence-electron chi connectivity index (χ1n) is 8.66. The average molecular weight is 408 g/mol. The van der Waals surface area contributed by atoms with Gasteiger partial charge in [-0.1, -0.05) is 18.2 Å². The zero-order chi connectivity index (χ0) is 18.1. The molecule has 0 saturated carbocycles. The van der Waals surface area contributed by atoms with Crippen molar-refractivity contribution in [2.24, 2.45) is 5.73 Å². The highest BCUT2D eigenvalue weighted by atomic mass is 35.5. The molecule has 1 fully saturated rings. The highest BCUT2D eigenvalue weighted by Gasteiger charge is 2.23. The number of nitrogens with one attached hydrogen (secondary N) is 1. The summed E-state index contributed by atoms with van der Waals surface area (Å²) < 4.78 is 33.6. The van der Waals surface area contributed by atoms with Gasteiger partial charge in [0.2, 0.25) is 0 Å². The third-order valence-corrected chi connectivity index (χ3v) is 6.09. The Hall–Kier alpha value is -2.22. The average Bonchev–Trinajstić information content (AvgIpc) is 3.10. The topological polar surface area (TPSA) is 88.6 Å². The number of rotatable bonds is 4. The number of anilines is 2. The Bertz CT molecular complexity index is 1020. The number of hydrogen-bond donors (Lipinski definition) is 2. The van der Waals surface area contributed by atoms with Crippen molar-refractivity contribution in [1.82, 2.24) is 0 Å². The van der Waals surface area contributed by atoms with Crippen molar-refractivity contribution >= 4 is 44.8 Å². The third-order valence-electron chi connectivity index (χ3n) is 4.70. The van der Waals surface area contributed by atoms with E-state index in [9.17, 15) is 8.42 Å². The van der Waals surface area contributed by atoms with Crippen molar-refractivity contribution in [2.45, 2.75) is 30.3 Å². The number of nitrogens with two attached hydrogens (primary N) is 1. The molecule has 6 nitrogen and oxygen atoms in total. The van der Waals surface area contributed by atoms with E-state index in [0.717, 1.165) is 42.5 Å². The minimum Gasteiger partial charge on any atom is -0.462 e. The van der Waals surface area contributed by atoms with Crippen LogP contribution in [0.3, 0.4) is 0 Å². The molecule has 0 amide bonds. The Morgan fingerprint density at radius 2 is 1.89 bits per heavy atom. The van der Waals surface area contributed by atoms with Crippen molar-refractivity contribution in [2.75, 3.05) is 16.2 Å². The molecule has 1 unspecified atom stereocenters. The molecule has 8 heteroatoms. The van der Waals surface area contributed by atoms with Crippen LogP contribution in [0.25, 0.3) is 11.0 Å². The third kappa shape index (κ3) is 3.90. The SMILES string of the molecule is Cl.NC1CCCCN1c1cc(NS(=O)(=O)c2ccccc2)cc2ccoc12. The second-order valence-electron chi connectivity index (χ2n) is 6.51. The van der Waals surface area contributed by atoms with Gasteiger partial charge in [0, 0.05) is 11.9 Å². The highest BCUT2D eigenvalue weighted by Crippen LogP contribution is 2.35. The Balaban J connectivity index is 0.00000210. The summed E-state index contributed by atoms with van der Waals surface area (Å²) in [6, 6.07) is 13.7. The molecule has 1 atom stereocenters. The Morgan fingerprint density at radius 1 is 1.11 bits per heavy atom. The Morgan fingerprint density at radius 3 is 2.63 bits per heavy atom. The summed E-state index contributed by atoms with van der Waals surface area (Å²) in [6.07, 6.45) is 4.56. The smallest absolute Gasteiger partial charge is 0.261 e. The first-order chi connectivity index (χ1) is 12.5. The first-order valence-corrected chi connectivity index (χ1v) is 10.1. The summed E-state index contributed by atoms with van der Waals surface area (Å²) in [5.74, 6) is 0. The van der Waals surface area contributed by atoms with Crippen molar-refractivity contribution in [1.29, 1.82) is 0 Å². The van der Waals surface area contributed by atoms with E-state index in [4.69, 9.17) is 10.2 Å².